The van der Waals surface area contributed by atoms with Crippen molar-refractivity contribution in [2.45, 2.75) is 37.5 Å². The van der Waals surface area contributed by atoms with Crippen LogP contribution in [-0.2, 0) is 0 Å². The molecule has 2 unspecified atom stereocenters. The van der Waals surface area contributed by atoms with E-state index in [2.05, 4.69) is 27.5 Å². The fraction of sp³-hybridized carbons (Fsp3) is 0.692. The van der Waals surface area contributed by atoms with E-state index in [0.29, 0.717) is 17.0 Å². The highest BCUT2D eigenvalue weighted by Crippen LogP contribution is 2.35. The molecule has 2 rings (SSSR count). The maximum atomic E-state index is 5.42. The molecule has 2 N–H and O–H groups in total. The first-order valence-electron chi connectivity index (χ1n) is 6.75. The predicted molar refractivity (Wildman–Crippen MR) is 81.3 cm³/mol. The van der Waals surface area contributed by atoms with E-state index in [4.69, 9.17) is 4.74 Å². The van der Waals surface area contributed by atoms with Crippen LogP contribution in [-0.4, -0.2) is 41.2 Å². The summed E-state index contributed by atoms with van der Waals surface area (Å²) >= 11 is 2.03. The summed E-state index contributed by atoms with van der Waals surface area (Å²) in [5, 5.41) is 7.23. The van der Waals surface area contributed by atoms with Crippen molar-refractivity contribution in [3.8, 4) is 5.75 Å². The van der Waals surface area contributed by atoms with Crippen molar-refractivity contribution in [1.82, 2.24) is 9.97 Å². The number of hydrogen-bond donors (Lipinski definition) is 2. The van der Waals surface area contributed by atoms with E-state index in [-0.39, 0.29) is 0 Å². The SMILES string of the molecule is CCSC1CCCC1Nc1ncnc(NC)c1OC. The Balaban J connectivity index is 2.14. The molecule has 2 atom stereocenters. The van der Waals surface area contributed by atoms with Gasteiger partial charge in [-0.3, -0.25) is 0 Å². The molecule has 0 saturated heterocycles. The minimum absolute atomic E-state index is 0.471. The molecule has 1 aliphatic rings. The zero-order valence-electron chi connectivity index (χ0n) is 11.8. The Morgan fingerprint density at radius 1 is 1.37 bits per heavy atom. The van der Waals surface area contributed by atoms with Gasteiger partial charge >= 0.3 is 0 Å². The van der Waals surface area contributed by atoms with Crippen LogP contribution in [0.4, 0.5) is 11.6 Å². The number of anilines is 2. The molecule has 0 aliphatic heterocycles. The molecule has 0 bridgehead atoms. The molecule has 1 aromatic rings. The van der Waals surface area contributed by atoms with Crippen molar-refractivity contribution < 1.29 is 4.74 Å². The molecule has 0 aromatic carbocycles. The second-order valence-electron chi connectivity index (χ2n) is 4.53. The van der Waals surface area contributed by atoms with Crippen LogP contribution in [0.25, 0.3) is 0 Å². The van der Waals surface area contributed by atoms with E-state index in [1.54, 1.807) is 13.4 Å². The Hall–Kier alpha value is -1.17. The minimum Gasteiger partial charge on any atom is -0.490 e. The average molecular weight is 282 g/mol. The van der Waals surface area contributed by atoms with Gasteiger partial charge in [0.05, 0.1) is 7.11 Å². The second-order valence-corrected chi connectivity index (χ2v) is 6.05. The average Bonchev–Trinajstić information content (AvgIpc) is 2.86. The third-order valence-corrected chi connectivity index (χ3v) is 4.73. The number of nitrogens with one attached hydrogen (secondary N) is 2. The molecule has 0 spiro atoms. The number of aromatic nitrogens is 2. The van der Waals surface area contributed by atoms with E-state index in [9.17, 15) is 0 Å². The topological polar surface area (TPSA) is 59.1 Å². The van der Waals surface area contributed by atoms with Gasteiger partial charge in [-0.05, 0) is 18.6 Å². The summed E-state index contributed by atoms with van der Waals surface area (Å²) in [6.07, 6.45) is 5.32. The first-order chi connectivity index (χ1) is 9.30. The van der Waals surface area contributed by atoms with Crippen molar-refractivity contribution in [1.29, 1.82) is 0 Å². The van der Waals surface area contributed by atoms with Gasteiger partial charge < -0.3 is 15.4 Å². The second kappa shape index (κ2) is 6.84. The Bertz CT molecular complexity index is 416. The zero-order valence-corrected chi connectivity index (χ0v) is 12.6. The molecule has 0 amide bonds. The highest BCUT2D eigenvalue weighted by atomic mass is 32.2. The molecule has 1 saturated carbocycles. The third-order valence-electron chi connectivity index (χ3n) is 3.40. The van der Waals surface area contributed by atoms with Gasteiger partial charge in [0.25, 0.3) is 0 Å². The van der Waals surface area contributed by atoms with Crippen LogP contribution in [0.3, 0.4) is 0 Å². The normalized spacial score (nSPS) is 22.3. The summed E-state index contributed by atoms with van der Waals surface area (Å²) in [5.41, 5.74) is 0. The fourth-order valence-corrected chi connectivity index (χ4v) is 3.73. The molecule has 1 fully saturated rings. The zero-order chi connectivity index (χ0) is 13.7. The van der Waals surface area contributed by atoms with Gasteiger partial charge in [0, 0.05) is 18.3 Å². The summed E-state index contributed by atoms with van der Waals surface area (Å²) in [4.78, 5) is 8.49. The third kappa shape index (κ3) is 3.23. The van der Waals surface area contributed by atoms with Gasteiger partial charge in [0.1, 0.15) is 6.33 Å². The first-order valence-corrected chi connectivity index (χ1v) is 7.79. The smallest absolute Gasteiger partial charge is 0.204 e. The van der Waals surface area contributed by atoms with Crippen LogP contribution in [0.1, 0.15) is 26.2 Å². The summed E-state index contributed by atoms with van der Waals surface area (Å²) in [7, 11) is 3.48. The highest BCUT2D eigenvalue weighted by molar-refractivity contribution is 7.99. The molecular weight excluding hydrogens is 260 g/mol. The van der Waals surface area contributed by atoms with Crippen molar-refractivity contribution in [2.24, 2.45) is 0 Å². The predicted octanol–water partition coefficient (Wildman–Crippen LogP) is 2.61. The lowest BCUT2D eigenvalue weighted by Gasteiger charge is -2.22. The number of ether oxygens (including phenoxy) is 1. The maximum absolute atomic E-state index is 5.42. The molecule has 1 aromatic heterocycles. The molecule has 0 radical (unpaired) electrons. The largest absolute Gasteiger partial charge is 0.490 e. The number of methoxy groups -OCH3 is 1. The molecule has 106 valence electrons. The van der Waals surface area contributed by atoms with Crippen LogP contribution in [0.15, 0.2) is 6.33 Å². The monoisotopic (exact) mass is 282 g/mol. The van der Waals surface area contributed by atoms with Gasteiger partial charge in [0.15, 0.2) is 11.6 Å². The Morgan fingerprint density at radius 3 is 2.84 bits per heavy atom. The van der Waals surface area contributed by atoms with Gasteiger partial charge in [-0.15, -0.1) is 0 Å². The lowest BCUT2D eigenvalue weighted by Crippen LogP contribution is -2.27. The van der Waals surface area contributed by atoms with Crippen molar-refractivity contribution in [3.63, 3.8) is 0 Å². The number of rotatable bonds is 6. The number of thioether (sulfide) groups is 1. The van der Waals surface area contributed by atoms with Crippen molar-refractivity contribution in [2.75, 3.05) is 30.5 Å². The lowest BCUT2D eigenvalue weighted by atomic mass is 10.2. The van der Waals surface area contributed by atoms with Crippen LogP contribution < -0.4 is 15.4 Å². The molecule has 1 heterocycles. The van der Waals surface area contributed by atoms with Gasteiger partial charge in [-0.25, -0.2) is 9.97 Å². The van der Waals surface area contributed by atoms with E-state index >= 15 is 0 Å². The van der Waals surface area contributed by atoms with Gasteiger partial charge in [-0.2, -0.15) is 11.8 Å². The van der Waals surface area contributed by atoms with Crippen molar-refractivity contribution >= 4 is 23.4 Å². The lowest BCUT2D eigenvalue weighted by molar-refractivity contribution is 0.414. The summed E-state index contributed by atoms with van der Waals surface area (Å²) in [5.74, 6) is 3.36. The first kappa shape index (κ1) is 14.2. The molecule has 5 nitrogen and oxygen atoms in total. The van der Waals surface area contributed by atoms with Crippen LogP contribution in [0, 0.1) is 0 Å². The fourth-order valence-electron chi connectivity index (χ4n) is 2.53. The van der Waals surface area contributed by atoms with Crippen LogP contribution in [0.5, 0.6) is 5.75 Å². The molecule has 19 heavy (non-hydrogen) atoms. The Morgan fingerprint density at radius 2 is 2.16 bits per heavy atom. The van der Waals surface area contributed by atoms with Gasteiger partial charge in [-0.1, -0.05) is 13.3 Å². The highest BCUT2D eigenvalue weighted by Gasteiger charge is 2.28. The standard InChI is InChI=1S/C13H22N4OS/c1-4-19-10-7-5-6-9(10)17-13-11(18-3)12(14-2)15-8-16-13/h8-10H,4-7H2,1-3H3,(H2,14,15,16,17). The van der Waals surface area contributed by atoms with E-state index in [1.165, 1.54) is 19.3 Å². The Labute approximate surface area is 118 Å². The summed E-state index contributed by atoms with van der Waals surface area (Å²) < 4.78 is 5.42. The minimum atomic E-state index is 0.471. The molecule has 6 heteroatoms. The van der Waals surface area contributed by atoms with E-state index in [0.717, 1.165) is 17.4 Å². The van der Waals surface area contributed by atoms with Crippen LogP contribution >= 0.6 is 11.8 Å². The van der Waals surface area contributed by atoms with E-state index < -0.39 is 0 Å². The van der Waals surface area contributed by atoms with Crippen molar-refractivity contribution in [3.05, 3.63) is 6.33 Å². The molecular formula is C13H22N4OS. The summed E-state index contributed by atoms with van der Waals surface area (Å²) in [6, 6.07) is 0.471. The maximum Gasteiger partial charge on any atom is 0.204 e. The van der Waals surface area contributed by atoms with Gasteiger partial charge in [0.2, 0.25) is 5.75 Å². The Kier molecular flexibility index (Phi) is 5.13. The van der Waals surface area contributed by atoms with E-state index in [1.807, 2.05) is 18.8 Å². The quantitative estimate of drug-likeness (QED) is 0.836. The number of nitrogens with zero attached hydrogens (tertiary/aromatic N) is 2. The number of hydrogen-bond acceptors (Lipinski definition) is 6. The molecule has 1 aliphatic carbocycles. The summed E-state index contributed by atoms with van der Waals surface area (Å²) in [6.45, 7) is 2.21. The van der Waals surface area contributed by atoms with Crippen LogP contribution in [0.2, 0.25) is 0 Å².